The quantitative estimate of drug-likeness (QED) is 0.732. The average molecular weight is 344 g/mol. The number of oxazole rings is 1. The van der Waals surface area contributed by atoms with Crippen molar-refractivity contribution in [1.82, 2.24) is 10.3 Å². The van der Waals surface area contributed by atoms with Gasteiger partial charge >= 0.3 is 0 Å². The molecule has 1 amide bonds. The van der Waals surface area contributed by atoms with E-state index in [0.717, 1.165) is 4.88 Å². The molecule has 4 nitrogen and oxygen atoms in total. The van der Waals surface area contributed by atoms with Gasteiger partial charge in [-0.2, -0.15) is 0 Å². The summed E-state index contributed by atoms with van der Waals surface area (Å²) in [7, 11) is 0. The molecule has 124 valence electrons. The van der Waals surface area contributed by atoms with Gasteiger partial charge in [0.15, 0.2) is 11.7 Å². The van der Waals surface area contributed by atoms with E-state index in [9.17, 15) is 9.18 Å². The Kier molecular flexibility index (Phi) is 5.05. The van der Waals surface area contributed by atoms with E-state index in [1.54, 1.807) is 29.5 Å². The highest BCUT2D eigenvalue weighted by Gasteiger charge is 2.12. The molecule has 1 aromatic carbocycles. The van der Waals surface area contributed by atoms with Crippen LogP contribution in [0.3, 0.4) is 0 Å². The van der Waals surface area contributed by atoms with Crippen LogP contribution in [0.1, 0.15) is 22.8 Å². The van der Waals surface area contributed by atoms with E-state index in [-0.39, 0.29) is 18.1 Å². The minimum atomic E-state index is -0.357. The summed E-state index contributed by atoms with van der Waals surface area (Å²) in [5, 5.41) is 4.89. The molecule has 0 aliphatic rings. The van der Waals surface area contributed by atoms with Gasteiger partial charge in [0.25, 0.3) is 0 Å². The molecule has 0 saturated carbocycles. The Labute approximate surface area is 143 Å². The molecule has 0 bridgehead atoms. The van der Waals surface area contributed by atoms with Crippen molar-refractivity contribution in [3.8, 4) is 11.3 Å². The maximum Gasteiger partial charge on any atom is 0.220 e. The van der Waals surface area contributed by atoms with E-state index in [2.05, 4.69) is 10.3 Å². The van der Waals surface area contributed by atoms with E-state index in [0.29, 0.717) is 30.2 Å². The zero-order valence-corrected chi connectivity index (χ0v) is 14.0. The number of hydrogen-bond donors (Lipinski definition) is 1. The van der Waals surface area contributed by atoms with E-state index in [1.165, 1.54) is 17.8 Å². The molecule has 0 aliphatic heterocycles. The summed E-state index contributed by atoms with van der Waals surface area (Å²) >= 11 is 1.63. The van der Waals surface area contributed by atoms with Crippen LogP contribution in [-0.4, -0.2) is 10.9 Å². The number of aryl methyl sites for hydroxylation is 2. The molecule has 2 heterocycles. The van der Waals surface area contributed by atoms with Crippen molar-refractivity contribution < 1.29 is 13.6 Å². The molecule has 0 unspecified atom stereocenters. The number of hydrogen-bond acceptors (Lipinski definition) is 4. The van der Waals surface area contributed by atoms with Gasteiger partial charge in [0.1, 0.15) is 5.82 Å². The lowest BCUT2D eigenvalue weighted by molar-refractivity contribution is -0.121. The summed E-state index contributed by atoms with van der Waals surface area (Å²) in [6.45, 7) is 2.56. The van der Waals surface area contributed by atoms with E-state index in [4.69, 9.17) is 4.42 Å². The summed E-state index contributed by atoms with van der Waals surface area (Å²) in [4.78, 5) is 17.2. The lowest BCUT2D eigenvalue weighted by atomic mass is 10.2. The molecule has 24 heavy (non-hydrogen) atoms. The predicted octanol–water partition coefficient (Wildman–Crippen LogP) is 4.10. The number of amides is 1. The van der Waals surface area contributed by atoms with E-state index >= 15 is 0 Å². The highest BCUT2D eigenvalue weighted by Crippen LogP contribution is 2.23. The molecule has 1 N–H and O–H groups in total. The van der Waals surface area contributed by atoms with Gasteiger partial charge in [-0.05, 0) is 36.1 Å². The Morgan fingerprint density at radius 3 is 2.92 bits per heavy atom. The van der Waals surface area contributed by atoms with Crippen LogP contribution in [0.25, 0.3) is 11.3 Å². The first kappa shape index (κ1) is 16.4. The number of aromatic nitrogens is 1. The normalized spacial score (nSPS) is 10.8. The van der Waals surface area contributed by atoms with Crippen LogP contribution in [0, 0.1) is 12.7 Å². The fourth-order valence-corrected chi connectivity index (χ4v) is 3.13. The molecule has 0 spiro atoms. The second-order valence-corrected chi connectivity index (χ2v) is 6.40. The molecule has 6 heteroatoms. The van der Waals surface area contributed by atoms with Crippen molar-refractivity contribution >= 4 is 17.2 Å². The number of benzene rings is 1. The molecule has 2 aromatic heterocycles. The Balaban J connectivity index is 1.53. The van der Waals surface area contributed by atoms with E-state index in [1.807, 2.05) is 18.4 Å². The zero-order chi connectivity index (χ0) is 16.9. The summed E-state index contributed by atoms with van der Waals surface area (Å²) in [6, 6.07) is 8.40. The predicted molar refractivity (Wildman–Crippen MR) is 91.1 cm³/mol. The molecular formula is C18H17FN2O2S. The number of rotatable bonds is 6. The van der Waals surface area contributed by atoms with Gasteiger partial charge < -0.3 is 9.73 Å². The zero-order valence-electron chi connectivity index (χ0n) is 13.2. The van der Waals surface area contributed by atoms with Crippen LogP contribution in [0.5, 0.6) is 0 Å². The second-order valence-electron chi connectivity index (χ2n) is 5.40. The van der Waals surface area contributed by atoms with Gasteiger partial charge in [-0.25, -0.2) is 9.37 Å². The average Bonchev–Trinajstić information content (AvgIpc) is 3.20. The maximum absolute atomic E-state index is 13.7. The lowest BCUT2D eigenvalue weighted by Gasteiger charge is -2.03. The number of thiophene rings is 1. The van der Waals surface area contributed by atoms with Gasteiger partial charge in [-0.1, -0.05) is 12.1 Å². The molecule has 3 rings (SSSR count). The van der Waals surface area contributed by atoms with Crippen LogP contribution in [-0.2, 0) is 17.8 Å². The number of carbonyl (C=O) groups excluding carboxylic acids is 1. The van der Waals surface area contributed by atoms with Crippen molar-refractivity contribution in [2.24, 2.45) is 0 Å². The summed E-state index contributed by atoms with van der Waals surface area (Å²) < 4.78 is 19.3. The maximum atomic E-state index is 13.7. The minimum Gasteiger partial charge on any atom is -0.441 e. The van der Waals surface area contributed by atoms with E-state index < -0.39 is 0 Å². The van der Waals surface area contributed by atoms with Crippen molar-refractivity contribution in [2.75, 3.05) is 0 Å². The van der Waals surface area contributed by atoms with Gasteiger partial charge in [0.05, 0.1) is 18.3 Å². The van der Waals surface area contributed by atoms with Crippen LogP contribution >= 0.6 is 11.3 Å². The van der Waals surface area contributed by atoms with Gasteiger partial charge in [-0.15, -0.1) is 11.3 Å². The number of halogens is 1. The van der Waals surface area contributed by atoms with Crippen LogP contribution in [0.15, 0.2) is 46.3 Å². The van der Waals surface area contributed by atoms with Gasteiger partial charge in [-0.3, -0.25) is 4.79 Å². The van der Waals surface area contributed by atoms with Crippen LogP contribution in [0.4, 0.5) is 4.39 Å². The largest absolute Gasteiger partial charge is 0.441 e. The Hall–Kier alpha value is -2.47. The monoisotopic (exact) mass is 344 g/mol. The number of carbonyl (C=O) groups is 1. The third kappa shape index (κ3) is 3.89. The summed E-state index contributed by atoms with van der Waals surface area (Å²) in [5.41, 5.74) is 1.55. The third-order valence-corrected chi connectivity index (χ3v) is 4.70. The highest BCUT2D eigenvalue weighted by molar-refractivity contribution is 7.10. The lowest BCUT2D eigenvalue weighted by Crippen LogP contribution is -2.22. The first-order valence-electron chi connectivity index (χ1n) is 7.63. The first-order valence-corrected chi connectivity index (χ1v) is 8.50. The summed E-state index contributed by atoms with van der Waals surface area (Å²) in [5.74, 6) is 0.381. The highest BCUT2D eigenvalue weighted by atomic mass is 32.1. The molecule has 0 radical (unpaired) electrons. The molecule has 0 saturated heterocycles. The Morgan fingerprint density at radius 2 is 2.17 bits per heavy atom. The summed E-state index contributed by atoms with van der Waals surface area (Å²) in [6.07, 6.45) is 2.14. The minimum absolute atomic E-state index is 0.0616. The Morgan fingerprint density at radius 1 is 1.33 bits per heavy atom. The van der Waals surface area contributed by atoms with Crippen molar-refractivity contribution in [3.05, 3.63) is 64.1 Å². The molecule has 0 fully saturated rings. The van der Waals surface area contributed by atoms with Crippen LogP contribution < -0.4 is 5.32 Å². The molecule has 0 aliphatic carbocycles. The fraction of sp³-hybridized carbons (Fsp3) is 0.222. The second kappa shape index (κ2) is 7.40. The smallest absolute Gasteiger partial charge is 0.220 e. The molecule has 0 atom stereocenters. The molecular weight excluding hydrogens is 327 g/mol. The van der Waals surface area contributed by atoms with Crippen molar-refractivity contribution in [1.29, 1.82) is 0 Å². The van der Waals surface area contributed by atoms with Gasteiger partial charge in [0, 0.05) is 17.7 Å². The van der Waals surface area contributed by atoms with Crippen molar-refractivity contribution in [3.63, 3.8) is 0 Å². The topological polar surface area (TPSA) is 55.1 Å². The fourth-order valence-electron chi connectivity index (χ4n) is 2.28. The standard InChI is InChI=1S/C18H17FN2O2S/c1-12-8-9-24-16(12)11-20-17(22)6-7-18-21-10-15(23-18)13-4-2-3-5-14(13)19/h2-5,8-10H,6-7,11H2,1H3,(H,20,22). The Bertz CT molecular complexity index is 841. The van der Waals surface area contributed by atoms with Gasteiger partial charge in [0.2, 0.25) is 5.91 Å². The first-order chi connectivity index (χ1) is 11.6. The van der Waals surface area contributed by atoms with Crippen LogP contribution in [0.2, 0.25) is 0 Å². The number of nitrogens with one attached hydrogen (secondary N) is 1. The number of nitrogens with zero attached hydrogens (tertiary/aromatic N) is 1. The third-order valence-electron chi connectivity index (χ3n) is 3.67. The SMILES string of the molecule is Cc1ccsc1CNC(=O)CCc1ncc(-c2ccccc2F)o1. The molecule has 3 aromatic rings. The van der Waals surface area contributed by atoms with Crippen molar-refractivity contribution in [2.45, 2.75) is 26.3 Å².